The molecule has 0 saturated carbocycles. The SMILES string of the molecule is CC(=O)N1CC(C)(C)Oc2ccc(S(=O)(=O)Nc3ccc4c(c3)OCO4)cc21. The molecule has 0 aromatic heterocycles. The number of nitrogens with zero attached hydrogens (tertiary/aromatic N) is 1. The van der Waals surface area contributed by atoms with E-state index >= 15 is 0 Å². The van der Waals surface area contributed by atoms with Gasteiger partial charge in [0.05, 0.1) is 22.8 Å². The zero-order valence-corrected chi connectivity index (χ0v) is 16.5. The van der Waals surface area contributed by atoms with Crippen molar-refractivity contribution < 1.29 is 27.4 Å². The molecular weight excluding hydrogens is 384 g/mol. The summed E-state index contributed by atoms with van der Waals surface area (Å²) in [5.41, 5.74) is 0.215. The summed E-state index contributed by atoms with van der Waals surface area (Å²) in [4.78, 5) is 13.6. The molecule has 0 fully saturated rings. The first kappa shape index (κ1) is 18.4. The number of hydrogen-bond donors (Lipinski definition) is 1. The van der Waals surface area contributed by atoms with Gasteiger partial charge < -0.3 is 19.1 Å². The van der Waals surface area contributed by atoms with E-state index in [4.69, 9.17) is 14.2 Å². The normalized spacial score (nSPS) is 16.9. The first-order valence-corrected chi connectivity index (χ1v) is 10.2. The fourth-order valence-corrected chi connectivity index (χ4v) is 4.28. The third-order valence-corrected chi connectivity index (χ3v) is 5.84. The summed E-state index contributed by atoms with van der Waals surface area (Å²) in [6.45, 7) is 5.62. The standard InChI is InChI=1S/C19H20N2O6S/c1-12(22)21-10-19(2,3)27-16-7-5-14(9-15(16)21)28(23,24)20-13-4-6-17-18(8-13)26-11-25-17/h4-9,20H,10-11H2,1-3H3. The summed E-state index contributed by atoms with van der Waals surface area (Å²) in [7, 11) is -3.88. The van der Waals surface area contributed by atoms with Gasteiger partial charge in [-0.25, -0.2) is 8.42 Å². The highest BCUT2D eigenvalue weighted by molar-refractivity contribution is 7.92. The Morgan fingerprint density at radius 2 is 1.79 bits per heavy atom. The maximum absolute atomic E-state index is 12.9. The van der Waals surface area contributed by atoms with E-state index in [-0.39, 0.29) is 17.6 Å². The van der Waals surface area contributed by atoms with Gasteiger partial charge in [-0.3, -0.25) is 9.52 Å². The molecule has 28 heavy (non-hydrogen) atoms. The molecule has 0 unspecified atom stereocenters. The molecule has 1 N–H and O–H groups in total. The zero-order chi connectivity index (χ0) is 20.1. The molecule has 2 heterocycles. The number of carbonyl (C=O) groups is 1. The van der Waals surface area contributed by atoms with Gasteiger partial charge in [0.2, 0.25) is 12.7 Å². The van der Waals surface area contributed by atoms with Crippen molar-refractivity contribution >= 4 is 27.3 Å². The Morgan fingerprint density at radius 1 is 1.07 bits per heavy atom. The number of hydrogen-bond acceptors (Lipinski definition) is 6. The van der Waals surface area contributed by atoms with Gasteiger partial charge >= 0.3 is 0 Å². The minimum Gasteiger partial charge on any atom is -0.484 e. The predicted octanol–water partition coefficient (Wildman–Crippen LogP) is 2.74. The molecule has 9 heteroatoms. The Kier molecular flexibility index (Phi) is 4.15. The first-order chi connectivity index (χ1) is 13.1. The van der Waals surface area contributed by atoms with Crippen LogP contribution in [0.15, 0.2) is 41.3 Å². The third-order valence-electron chi connectivity index (χ3n) is 4.46. The van der Waals surface area contributed by atoms with Crippen molar-refractivity contribution in [2.75, 3.05) is 23.0 Å². The number of rotatable bonds is 3. The highest BCUT2D eigenvalue weighted by atomic mass is 32.2. The molecule has 4 rings (SSSR count). The monoisotopic (exact) mass is 404 g/mol. The maximum atomic E-state index is 12.9. The summed E-state index contributed by atoms with van der Waals surface area (Å²) < 4.78 is 44.7. The van der Waals surface area contributed by atoms with E-state index in [1.54, 1.807) is 24.3 Å². The molecule has 2 aromatic carbocycles. The van der Waals surface area contributed by atoms with Crippen molar-refractivity contribution in [1.82, 2.24) is 0 Å². The Hall–Kier alpha value is -2.94. The quantitative estimate of drug-likeness (QED) is 0.845. The van der Waals surface area contributed by atoms with Crippen LogP contribution >= 0.6 is 0 Å². The van der Waals surface area contributed by atoms with E-state index < -0.39 is 15.6 Å². The van der Waals surface area contributed by atoms with Gasteiger partial charge in [-0.05, 0) is 44.2 Å². The summed E-state index contributed by atoms with van der Waals surface area (Å²) in [5, 5.41) is 0. The van der Waals surface area contributed by atoms with Gasteiger partial charge in [0.15, 0.2) is 11.5 Å². The average Bonchev–Trinajstić information content (AvgIpc) is 3.07. The molecule has 0 atom stereocenters. The molecule has 2 aromatic rings. The Bertz CT molecular complexity index is 1060. The van der Waals surface area contributed by atoms with Crippen LogP contribution in [0.4, 0.5) is 11.4 Å². The molecule has 1 amide bonds. The second-order valence-corrected chi connectivity index (χ2v) is 8.95. The topological polar surface area (TPSA) is 94.2 Å². The minimum atomic E-state index is -3.88. The smallest absolute Gasteiger partial charge is 0.261 e. The molecule has 148 valence electrons. The van der Waals surface area contributed by atoms with Crippen LogP contribution < -0.4 is 23.8 Å². The molecule has 0 spiro atoms. The maximum Gasteiger partial charge on any atom is 0.261 e. The number of amides is 1. The van der Waals surface area contributed by atoms with E-state index in [9.17, 15) is 13.2 Å². The zero-order valence-electron chi connectivity index (χ0n) is 15.7. The number of carbonyl (C=O) groups excluding carboxylic acids is 1. The van der Waals surface area contributed by atoms with Crippen LogP contribution in [-0.4, -0.2) is 33.3 Å². The van der Waals surface area contributed by atoms with Crippen LogP contribution in [0.5, 0.6) is 17.2 Å². The number of benzene rings is 2. The second-order valence-electron chi connectivity index (χ2n) is 7.27. The van der Waals surface area contributed by atoms with E-state index in [0.29, 0.717) is 35.2 Å². The van der Waals surface area contributed by atoms with Gasteiger partial charge in [-0.1, -0.05) is 0 Å². The van der Waals surface area contributed by atoms with E-state index in [0.717, 1.165) is 0 Å². The minimum absolute atomic E-state index is 0.0264. The molecule has 0 bridgehead atoms. The largest absolute Gasteiger partial charge is 0.484 e. The number of sulfonamides is 1. The molecule has 0 aliphatic carbocycles. The number of fused-ring (bicyclic) bond motifs is 2. The summed E-state index contributed by atoms with van der Waals surface area (Å²) in [6, 6.07) is 9.26. The van der Waals surface area contributed by atoms with Crippen LogP contribution in [0.25, 0.3) is 0 Å². The van der Waals surface area contributed by atoms with Crippen molar-refractivity contribution in [3.8, 4) is 17.2 Å². The lowest BCUT2D eigenvalue weighted by Gasteiger charge is -2.39. The Morgan fingerprint density at radius 3 is 2.54 bits per heavy atom. The molecule has 2 aliphatic heterocycles. The second kappa shape index (κ2) is 6.30. The van der Waals surface area contributed by atoms with Gasteiger partial charge in [0.1, 0.15) is 11.4 Å². The van der Waals surface area contributed by atoms with Gasteiger partial charge in [-0.2, -0.15) is 0 Å². The lowest BCUT2D eigenvalue weighted by molar-refractivity contribution is -0.117. The lowest BCUT2D eigenvalue weighted by atomic mass is 10.1. The molecule has 8 nitrogen and oxygen atoms in total. The molecule has 0 radical (unpaired) electrons. The fraction of sp³-hybridized carbons (Fsp3) is 0.316. The van der Waals surface area contributed by atoms with Crippen LogP contribution in [0.1, 0.15) is 20.8 Å². The average molecular weight is 404 g/mol. The number of nitrogens with one attached hydrogen (secondary N) is 1. The van der Waals surface area contributed by atoms with Gasteiger partial charge in [-0.15, -0.1) is 0 Å². The Balaban J connectivity index is 1.67. The van der Waals surface area contributed by atoms with Crippen molar-refractivity contribution in [3.05, 3.63) is 36.4 Å². The number of ether oxygens (including phenoxy) is 3. The Labute approximate surface area is 163 Å². The van der Waals surface area contributed by atoms with Crippen molar-refractivity contribution in [3.63, 3.8) is 0 Å². The lowest BCUT2D eigenvalue weighted by Crippen LogP contribution is -2.48. The van der Waals surface area contributed by atoms with Gasteiger partial charge in [0, 0.05) is 13.0 Å². The highest BCUT2D eigenvalue weighted by Crippen LogP contribution is 2.39. The summed E-state index contributed by atoms with van der Waals surface area (Å²) in [5.74, 6) is 1.32. The van der Waals surface area contributed by atoms with Gasteiger partial charge in [0.25, 0.3) is 10.0 Å². The van der Waals surface area contributed by atoms with Crippen LogP contribution in [-0.2, 0) is 14.8 Å². The predicted molar refractivity (Wildman–Crippen MR) is 103 cm³/mol. The number of anilines is 2. The van der Waals surface area contributed by atoms with Crippen molar-refractivity contribution in [2.45, 2.75) is 31.3 Å². The summed E-state index contributed by atoms with van der Waals surface area (Å²) >= 11 is 0. The third kappa shape index (κ3) is 3.33. The van der Waals surface area contributed by atoms with E-state index in [1.807, 2.05) is 13.8 Å². The van der Waals surface area contributed by atoms with Crippen molar-refractivity contribution in [1.29, 1.82) is 0 Å². The van der Waals surface area contributed by atoms with Crippen molar-refractivity contribution in [2.24, 2.45) is 0 Å². The first-order valence-electron chi connectivity index (χ1n) is 8.68. The fourth-order valence-electron chi connectivity index (χ4n) is 3.21. The highest BCUT2D eigenvalue weighted by Gasteiger charge is 2.34. The molecular formula is C19H20N2O6S. The molecule has 2 aliphatic rings. The van der Waals surface area contributed by atoms with Crippen LogP contribution in [0.2, 0.25) is 0 Å². The van der Waals surface area contributed by atoms with Crippen LogP contribution in [0.3, 0.4) is 0 Å². The van der Waals surface area contributed by atoms with E-state index in [2.05, 4.69) is 4.72 Å². The molecule has 0 saturated heterocycles. The van der Waals surface area contributed by atoms with E-state index in [1.165, 1.54) is 24.0 Å². The van der Waals surface area contributed by atoms with Crippen LogP contribution in [0, 0.1) is 0 Å². The summed E-state index contributed by atoms with van der Waals surface area (Å²) in [6.07, 6.45) is 0.